The Morgan fingerprint density at radius 1 is 0.652 bits per heavy atom. The van der Waals surface area contributed by atoms with Crippen LogP contribution in [0.3, 0.4) is 0 Å². The Bertz CT molecular complexity index is 1780. The molecule has 0 atom stereocenters. The van der Waals surface area contributed by atoms with Crippen LogP contribution in [0, 0.1) is 35.6 Å². The Balaban J connectivity index is 0.000000782. The van der Waals surface area contributed by atoms with E-state index >= 15 is 0 Å². The van der Waals surface area contributed by atoms with Crippen molar-refractivity contribution in [2.45, 2.75) is 66.7 Å². The van der Waals surface area contributed by atoms with Crippen molar-refractivity contribution in [1.82, 2.24) is 0 Å². The maximum absolute atomic E-state index is 3.06. The Labute approximate surface area is 309 Å². The summed E-state index contributed by atoms with van der Waals surface area (Å²) in [6, 6.07) is 38.2. The summed E-state index contributed by atoms with van der Waals surface area (Å²) in [6.45, 7) is 20.8. The summed E-state index contributed by atoms with van der Waals surface area (Å²) < 4.78 is 0. The molecule has 0 saturated heterocycles. The molecule has 4 heteroatoms. The molecule has 2 radical (unpaired) electrons. The van der Waals surface area contributed by atoms with Gasteiger partial charge in [0.2, 0.25) is 0 Å². The summed E-state index contributed by atoms with van der Waals surface area (Å²) >= 11 is 1.36. The van der Waals surface area contributed by atoms with E-state index in [-0.39, 0.29) is 45.1 Å². The Morgan fingerprint density at radius 2 is 1.20 bits per heavy atom. The molecule has 0 amide bonds. The first-order valence-electron chi connectivity index (χ1n) is 14.8. The van der Waals surface area contributed by atoms with Gasteiger partial charge in [-0.3, -0.25) is 0 Å². The molecule has 6 aromatic rings. The van der Waals surface area contributed by atoms with Gasteiger partial charge in [0.05, 0.1) is 0 Å². The average Bonchev–Trinajstić information content (AvgIpc) is 3.59. The number of hydrogen-bond donors (Lipinski definition) is 0. The predicted molar refractivity (Wildman–Crippen MR) is 210 cm³/mol. The fraction of sp³-hybridized carbons (Fsp3) is 0.238. The maximum atomic E-state index is 3.06. The van der Waals surface area contributed by atoms with Crippen molar-refractivity contribution in [3.63, 3.8) is 0 Å². The zero-order chi connectivity index (χ0) is 30.6. The zero-order valence-corrected chi connectivity index (χ0v) is 34.3. The normalized spacial score (nSPS) is 10.3. The quantitative estimate of drug-likeness (QED) is 0.125. The van der Waals surface area contributed by atoms with Gasteiger partial charge in [0.1, 0.15) is 0 Å². The first kappa shape index (κ1) is 43.8. The fourth-order valence-electron chi connectivity index (χ4n) is 5.57. The molecule has 0 saturated carbocycles. The second-order valence-electron chi connectivity index (χ2n) is 12.7. The van der Waals surface area contributed by atoms with E-state index in [0.29, 0.717) is 5.92 Å². The second-order valence-corrected chi connectivity index (χ2v) is 12.7. The summed E-state index contributed by atoms with van der Waals surface area (Å²) in [7, 11) is 0. The summed E-state index contributed by atoms with van der Waals surface area (Å²) in [5.74, 6) is 0.573. The molecule has 0 aliphatic rings. The Morgan fingerprint density at radius 3 is 1.74 bits per heavy atom. The van der Waals surface area contributed by atoms with Crippen molar-refractivity contribution >= 4 is 53.2 Å². The number of hydrogen-bond acceptors (Lipinski definition) is 0. The third-order valence-corrected chi connectivity index (χ3v) is 8.11. The van der Waals surface area contributed by atoms with Gasteiger partial charge in [-0.2, -0.15) is 12.1 Å². The van der Waals surface area contributed by atoms with Crippen LogP contribution in [0.1, 0.15) is 68.4 Å². The number of benzene rings is 4. The van der Waals surface area contributed by atoms with Crippen LogP contribution in [0.15, 0.2) is 103 Å². The minimum absolute atomic E-state index is 0. The van der Waals surface area contributed by atoms with Gasteiger partial charge in [0, 0.05) is 0 Å². The van der Waals surface area contributed by atoms with E-state index in [9.17, 15) is 0 Å². The van der Waals surface area contributed by atoms with E-state index in [4.69, 9.17) is 0 Å². The molecule has 46 heavy (non-hydrogen) atoms. The molecule has 0 aromatic heterocycles. The van der Waals surface area contributed by atoms with Crippen LogP contribution in [-0.4, -0.2) is 6.88 Å². The molecule has 0 nitrogen and oxygen atoms in total. The summed E-state index contributed by atoms with van der Waals surface area (Å²) in [4.78, 5) is 0. The Kier molecular flexibility index (Phi) is 18.0. The van der Waals surface area contributed by atoms with Gasteiger partial charge in [0.25, 0.3) is 0 Å². The summed E-state index contributed by atoms with van der Waals surface area (Å²) in [5, 5.41) is 5.47. The van der Waals surface area contributed by atoms with Gasteiger partial charge < -0.3 is 14.9 Å². The van der Waals surface area contributed by atoms with Crippen molar-refractivity contribution in [1.29, 1.82) is 0 Å². The third kappa shape index (κ3) is 10.1. The topological polar surface area (TPSA) is 0 Å². The van der Waals surface area contributed by atoms with Gasteiger partial charge in [-0.05, 0) is 34.9 Å². The molecule has 0 heterocycles. The number of fused-ring (bicyclic) bond motifs is 2. The molecule has 0 fully saturated rings. The van der Waals surface area contributed by atoms with Crippen LogP contribution in [0.25, 0.3) is 43.8 Å². The summed E-state index contributed by atoms with van der Waals surface area (Å²) in [6.07, 6.45) is 0. The molecule has 6 rings (SSSR count). The van der Waals surface area contributed by atoms with Crippen molar-refractivity contribution in [2.24, 2.45) is 0 Å². The fourth-order valence-corrected chi connectivity index (χ4v) is 5.57. The number of rotatable bonds is 3. The third-order valence-electron chi connectivity index (χ3n) is 8.11. The SMILES string of the molecule is CC(C)c1cc2c(-c3ccc(C(C)(C)C)cc3)cccc2[cH-]1.Cc1ccc(-c2ccc(C)c3[cH-]c(C)cc23)cc1.Cl.Cl.[CH3-].[CH3-].[Si]=[Zr]. The molecule has 0 bridgehead atoms. The number of aryl methyl sites for hydroxylation is 3. The van der Waals surface area contributed by atoms with E-state index in [2.05, 4.69) is 165 Å². The van der Waals surface area contributed by atoms with Crippen molar-refractivity contribution in [3.05, 3.63) is 146 Å². The zero-order valence-electron chi connectivity index (χ0n) is 29.2. The van der Waals surface area contributed by atoms with Gasteiger partial charge in [-0.1, -0.05) is 126 Å². The van der Waals surface area contributed by atoms with E-state index in [0.717, 1.165) is 0 Å². The van der Waals surface area contributed by atoms with Crippen LogP contribution >= 0.6 is 24.8 Å². The number of halogens is 2. The molecular weight excluding hydrogens is 695 g/mol. The molecule has 0 aliphatic heterocycles. The van der Waals surface area contributed by atoms with Crippen LogP contribution in [0.4, 0.5) is 0 Å². The predicted octanol–water partition coefficient (Wildman–Crippen LogP) is 13.2. The average molecular weight is 745 g/mol. The van der Waals surface area contributed by atoms with Crippen LogP contribution in [0.5, 0.6) is 0 Å². The monoisotopic (exact) mass is 742 g/mol. The van der Waals surface area contributed by atoms with E-state index in [1.165, 1.54) is 95.0 Å². The molecule has 0 aliphatic carbocycles. The van der Waals surface area contributed by atoms with E-state index < -0.39 is 0 Å². The second kappa shape index (κ2) is 18.9. The van der Waals surface area contributed by atoms with Crippen molar-refractivity contribution in [2.75, 3.05) is 0 Å². The first-order chi connectivity index (χ1) is 20.0. The van der Waals surface area contributed by atoms with Crippen molar-refractivity contribution < 1.29 is 23.3 Å². The minimum atomic E-state index is 0. The first-order valence-corrected chi connectivity index (χ1v) is 19.0. The molecular formula is C42H50Cl2SiZr-4. The molecule has 0 unspecified atom stereocenters. The van der Waals surface area contributed by atoms with E-state index in [1.807, 2.05) is 0 Å². The van der Waals surface area contributed by atoms with Gasteiger partial charge in [-0.15, -0.1) is 93.4 Å². The Hall–Kier alpha value is -2.22. The van der Waals surface area contributed by atoms with E-state index in [1.54, 1.807) is 0 Å². The molecule has 244 valence electrons. The van der Waals surface area contributed by atoms with Gasteiger partial charge >= 0.3 is 30.2 Å². The summed E-state index contributed by atoms with van der Waals surface area (Å²) in [5.41, 5.74) is 12.3. The van der Waals surface area contributed by atoms with Crippen LogP contribution in [0.2, 0.25) is 0 Å². The van der Waals surface area contributed by atoms with Crippen molar-refractivity contribution in [3.8, 4) is 22.3 Å². The van der Waals surface area contributed by atoms with Gasteiger partial charge in [0.15, 0.2) is 0 Å². The van der Waals surface area contributed by atoms with Crippen LogP contribution in [-0.2, 0) is 28.8 Å². The van der Waals surface area contributed by atoms with Crippen LogP contribution < -0.4 is 0 Å². The molecule has 0 N–H and O–H groups in total. The molecule has 0 spiro atoms. The molecule has 6 aromatic carbocycles. The standard InChI is InChI=1S/C22H25.C18H17.2CH3.2ClH.Si.Zr/c1-15(2)18-13-17-7-6-8-20(21(17)14-18)16-9-11-19(12-10-16)22(3,4)5;1-12-4-7-15(8-5-12)16-9-6-14(3)17-10-13(2)11-18(16)17;;;;;;/h6-15H,1-5H3;4-11H,1-3H3;2*1H3;2*1H;;/q4*-1;;;;. The van der Waals surface area contributed by atoms with Gasteiger partial charge in [-0.25, -0.2) is 0 Å².